The van der Waals surface area contributed by atoms with Crippen LogP contribution in [0.1, 0.15) is 34.1 Å². The molecule has 0 aromatic carbocycles. The van der Waals surface area contributed by atoms with E-state index < -0.39 is 11.7 Å². The quantitative estimate of drug-likeness (QED) is 0.859. The van der Waals surface area contributed by atoms with Crippen LogP contribution in [0.4, 0.5) is 9.93 Å². The molecule has 1 heterocycles. The fourth-order valence-electron chi connectivity index (χ4n) is 1.14. The standard InChI is InChI=1S/C10H17N3O2S2/c1-5-6-13(7-11-12-8(16)17-7)9(14)15-10(2,3)4/h5-6H2,1-4H3,(H,12,16). The van der Waals surface area contributed by atoms with E-state index in [1.807, 2.05) is 27.7 Å². The minimum absolute atomic E-state index is 0.392. The molecule has 1 aromatic rings. The van der Waals surface area contributed by atoms with E-state index in [1.165, 1.54) is 16.2 Å². The van der Waals surface area contributed by atoms with Gasteiger partial charge in [-0.3, -0.25) is 10.00 Å². The number of carbonyl (C=O) groups is 1. The third-order valence-electron chi connectivity index (χ3n) is 1.72. The molecule has 1 rings (SSSR count). The first-order valence-corrected chi connectivity index (χ1v) is 6.62. The topological polar surface area (TPSA) is 58.2 Å². The zero-order valence-electron chi connectivity index (χ0n) is 10.4. The van der Waals surface area contributed by atoms with Crippen LogP contribution in [0.3, 0.4) is 0 Å². The van der Waals surface area contributed by atoms with Crippen LogP contribution in [0, 0.1) is 3.95 Å². The first-order chi connectivity index (χ1) is 7.83. The number of hydrogen-bond donors (Lipinski definition) is 1. The number of rotatable bonds is 3. The van der Waals surface area contributed by atoms with Crippen LogP contribution in [0.2, 0.25) is 0 Å². The first kappa shape index (κ1) is 14.1. The zero-order chi connectivity index (χ0) is 13.1. The minimum atomic E-state index is -0.513. The summed E-state index contributed by atoms with van der Waals surface area (Å²) in [5, 5.41) is 7.21. The number of nitrogens with one attached hydrogen (secondary N) is 1. The van der Waals surface area contributed by atoms with Crippen LogP contribution in [0.5, 0.6) is 0 Å². The third-order valence-corrected chi connectivity index (χ3v) is 2.83. The molecule has 0 saturated carbocycles. The van der Waals surface area contributed by atoms with Gasteiger partial charge in [0, 0.05) is 6.54 Å². The normalized spacial score (nSPS) is 11.3. The molecular formula is C10H17N3O2S2. The van der Waals surface area contributed by atoms with E-state index in [9.17, 15) is 4.79 Å². The molecule has 0 aliphatic heterocycles. The maximum absolute atomic E-state index is 12.0. The second-order valence-corrected chi connectivity index (χ2v) is 6.17. The second kappa shape index (κ2) is 5.59. The molecule has 7 heteroatoms. The van der Waals surface area contributed by atoms with Crippen molar-refractivity contribution in [1.29, 1.82) is 0 Å². The Balaban J connectivity index is 2.86. The number of hydrogen-bond acceptors (Lipinski definition) is 5. The number of nitrogens with zero attached hydrogens (tertiary/aromatic N) is 2. The van der Waals surface area contributed by atoms with E-state index in [4.69, 9.17) is 17.0 Å². The summed E-state index contributed by atoms with van der Waals surface area (Å²) in [5.41, 5.74) is -0.513. The lowest BCUT2D eigenvalue weighted by molar-refractivity contribution is 0.0580. The maximum atomic E-state index is 12.0. The van der Waals surface area contributed by atoms with Crippen molar-refractivity contribution in [2.75, 3.05) is 11.4 Å². The molecule has 1 aromatic heterocycles. The lowest BCUT2D eigenvalue weighted by Crippen LogP contribution is -2.37. The Morgan fingerprint density at radius 1 is 1.59 bits per heavy atom. The number of anilines is 1. The summed E-state index contributed by atoms with van der Waals surface area (Å²) in [4.78, 5) is 13.5. The predicted molar refractivity (Wildman–Crippen MR) is 71.2 cm³/mol. The van der Waals surface area contributed by atoms with Crippen molar-refractivity contribution in [3.63, 3.8) is 0 Å². The van der Waals surface area contributed by atoms with Gasteiger partial charge in [0.05, 0.1) is 0 Å². The summed E-state index contributed by atoms with van der Waals surface area (Å²) < 4.78 is 5.87. The van der Waals surface area contributed by atoms with Crippen molar-refractivity contribution in [2.24, 2.45) is 0 Å². The largest absolute Gasteiger partial charge is 0.443 e. The SMILES string of the molecule is CCCN(C(=O)OC(C)(C)C)c1n[nH]c(=S)s1. The van der Waals surface area contributed by atoms with Gasteiger partial charge >= 0.3 is 6.09 Å². The average molecular weight is 275 g/mol. The number of amides is 1. The number of H-pyrrole nitrogens is 1. The number of carbonyl (C=O) groups excluding carboxylic acids is 1. The molecule has 17 heavy (non-hydrogen) atoms. The summed E-state index contributed by atoms with van der Waals surface area (Å²) in [6.07, 6.45) is 0.433. The Labute approximate surface area is 110 Å². The van der Waals surface area contributed by atoms with Gasteiger partial charge in [-0.05, 0) is 39.4 Å². The highest BCUT2D eigenvalue weighted by molar-refractivity contribution is 7.73. The van der Waals surface area contributed by atoms with Crippen molar-refractivity contribution < 1.29 is 9.53 Å². The molecule has 0 saturated heterocycles. The van der Waals surface area contributed by atoms with Gasteiger partial charge in [0.2, 0.25) is 5.13 Å². The lowest BCUT2D eigenvalue weighted by atomic mass is 10.2. The van der Waals surface area contributed by atoms with E-state index in [2.05, 4.69) is 10.2 Å². The van der Waals surface area contributed by atoms with E-state index in [-0.39, 0.29) is 0 Å². The van der Waals surface area contributed by atoms with Crippen molar-refractivity contribution in [1.82, 2.24) is 10.2 Å². The molecule has 0 radical (unpaired) electrons. The van der Waals surface area contributed by atoms with Crippen LogP contribution in [-0.2, 0) is 4.74 Å². The molecule has 0 aliphatic rings. The number of aromatic amines is 1. The van der Waals surface area contributed by atoms with Crippen molar-refractivity contribution in [3.8, 4) is 0 Å². The van der Waals surface area contributed by atoms with E-state index in [0.29, 0.717) is 15.6 Å². The molecule has 1 amide bonds. The molecule has 1 N–H and O–H groups in total. The third kappa shape index (κ3) is 4.43. The number of ether oxygens (including phenoxy) is 1. The van der Waals surface area contributed by atoms with Gasteiger partial charge in [-0.2, -0.15) is 0 Å². The fourth-order valence-corrected chi connectivity index (χ4v) is 2.04. The summed E-state index contributed by atoms with van der Waals surface area (Å²) in [6, 6.07) is 0. The van der Waals surface area contributed by atoms with Gasteiger partial charge in [-0.25, -0.2) is 4.79 Å². The van der Waals surface area contributed by atoms with E-state index in [0.717, 1.165) is 6.42 Å². The highest BCUT2D eigenvalue weighted by atomic mass is 32.1. The second-order valence-electron chi connectivity index (χ2n) is 4.53. The summed E-state index contributed by atoms with van der Waals surface area (Å²) in [7, 11) is 0. The van der Waals surface area contributed by atoms with Crippen molar-refractivity contribution in [3.05, 3.63) is 3.95 Å². The van der Waals surface area contributed by atoms with Gasteiger partial charge in [-0.15, -0.1) is 5.10 Å². The zero-order valence-corrected chi connectivity index (χ0v) is 12.1. The number of aromatic nitrogens is 2. The first-order valence-electron chi connectivity index (χ1n) is 5.39. The van der Waals surface area contributed by atoms with Crippen LogP contribution >= 0.6 is 23.6 Å². The van der Waals surface area contributed by atoms with Gasteiger partial charge in [-0.1, -0.05) is 18.3 Å². The molecule has 0 fully saturated rings. The minimum Gasteiger partial charge on any atom is -0.443 e. The lowest BCUT2D eigenvalue weighted by Gasteiger charge is -2.25. The van der Waals surface area contributed by atoms with Gasteiger partial charge in [0.1, 0.15) is 5.60 Å². The van der Waals surface area contributed by atoms with E-state index >= 15 is 0 Å². The molecular weight excluding hydrogens is 258 g/mol. The van der Waals surface area contributed by atoms with Gasteiger partial charge < -0.3 is 4.74 Å². The van der Waals surface area contributed by atoms with Crippen molar-refractivity contribution in [2.45, 2.75) is 39.7 Å². The predicted octanol–water partition coefficient (Wildman–Crippen LogP) is 3.35. The fraction of sp³-hybridized carbons (Fsp3) is 0.700. The van der Waals surface area contributed by atoms with Crippen molar-refractivity contribution >= 4 is 34.8 Å². The van der Waals surface area contributed by atoms with Crippen LogP contribution < -0.4 is 4.90 Å². The highest BCUT2D eigenvalue weighted by Gasteiger charge is 2.24. The maximum Gasteiger partial charge on any atom is 0.416 e. The Bertz CT molecular complexity index is 433. The van der Waals surface area contributed by atoms with Gasteiger partial charge in [0.25, 0.3) is 0 Å². The Morgan fingerprint density at radius 2 is 2.24 bits per heavy atom. The molecule has 0 aliphatic carbocycles. The monoisotopic (exact) mass is 275 g/mol. The highest BCUT2D eigenvalue weighted by Crippen LogP contribution is 2.20. The average Bonchev–Trinajstić information content (AvgIpc) is 2.58. The van der Waals surface area contributed by atoms with Crippen LogP contribution in [0.25, 0.3) is 0 Å². The van der Waals surface area contributed by atoms with E-state index in [1.54, 1.807) is 0 Å². The molecule has 96 valence electrons. The Hall–Kier alpha value is -0.950. The van der Waals surface area contributed by atoms with Crippen LogP contribution in [0.15, 0.2) is 0 Å². The smallest absolute Gasteiger partial charge is 0.416 e. The summed E-state index contributed by atoms with van der Waals surface area (Å²) >= 11 is 6.22. The molecule has 0 atom stereocenters. The van der Waals surface area contributed by atoms with Gasteiger partial charge in [0.15, 0.2) is 3.95 Å². The summed E-state index contributed by atoms with van der Waals surface area (Å²) in [6.45, 7) is 8.05. The molecule has 0 spiro atoms. The Morgan fingerprint density at radius 3 is 2.65 bits per heavy atom. The molecule has 5 nitrogen and oxygen atoms in total. The van der Waals surface area contributed by atoms with Crippen LogP contribution in [-0.4, -0.2) is 28.4 Å². The Kier molecular flexibility index (Phi) is 4.64. The molecule has 0 unspecified atom stereocenters. The summed E-state index contributed by atoms with van der Waals surface area (Å²) in [5.74, 6) is 0. The molecule has 0 bridgehead atoms.